The molecular formula is C8H18N2OS. The maximum atomic E-state index is 11.0. The van der Waals surface area contributed by atoms with E-state index in [1.54, 1.807) is 11.8 Å². The number of urea groups is 1. The fourth-order valence-electron chi connectivity index (χ4n) is 0.578. The van der Waals surface area contributed by atoms with Gasteiger partial charge < -0.3 is 10.6 Å². The monoisotopic (exact) mass is 190 g/mol. The van der Waals surface area contributed by atoms with Crippen LogP contribution < -0.4 is 10.6 Å². The Kier molecular flexibility index (Phi) is 7.05. The average Bonchev–Trinajstić information content (AvgIpc) is 2.01. The van der Waals surface area contributed by atoms with Crippen LogP contribution in [0.25, 0.3) is 0 Å². The van der Waals surface area contributed by atoms with Gasteiger partial charge in [-0.3, -0.25) is 0 Å². The van der Waals surface area contributed by atoms with Gasteiger partial charge in [0.25, 0.3) is 0 Å². The minimum atomic E-state index is -0.0651. The van der Waals surface area contributed by atoms with Crippen molar-refractivity contribution in [2.75, 3.05) is 18.2 Å². The Morgan fingerprint density at radius 2 is 2.08 bits per heavy atom. The van der Waals surface area contributed by atoms with E-state index in [1.807, 2.05) is 0 Å². The molecule has 0 heterocycles. The van der Waals surface area contributed by atoms with Crippen molar-refractivity contribution < 1.29 is 4.79 Å². The second kappa shape index (κ2) is 7.28. The number of amides is 2. The molecule has 0 radical (unpaired) electrons. The summed E-state index contributed by atoms with van der Waals surface area (Å²) < 4.78 is 0. The molecule has 0 saturated heterocycles. The lowest BCUT2D eigenvalue weighted by Gasteiger charge is -2.08. The molecule has 2 amide bonds. The number of carbonyl (C=O) groups is 1. The average molecular weight is 190 g/mol. The Hall–Kier alpha value is -0.380. The molecule has 0 atom stereocenters. The van der Waals surface area contributed by atoms with E-state index >= 15 is 0 Å². The van der Waals surface area contributed by atoms with Crippen LogP contribution >= 0.6 is 11.8 Å². The Morgan fingerprint density at radius 3 is 2.58 bits per heavy atom. The van der Waals surface area contributed by atoms with Crippen molar-refractivity contribution in [3.05, 3.63) is 0 Å². The second-order valence-electron chi connectivity index (χ2n) is 2.92. The highest BCUT2D eigenvalue weighted by molar-refractivity contribution is 7.99. The lowest BCUT2D eigenvalue weighted by atomic mass is 10.2. The largest absolute Gasteiger partial charge is 0.338 e. The predicted octanol–water partition coefficient (Wildman–Crippen LogP) is 1.65. The first-order chi connectivity index (χ1) is 5.66. The van der Waals surface area contributed by atoms with Gasteiger partial charge >= 0.3 is 6.03 Å². The van der Waals surface area contributed by atoms with Gasteiger partial charge in [-0.2, -0.15) is 0 Å². The zero-order chi connectivity index (χ0) is 9.40. The van der Waals surface area contributed by atoms with Crippen LogP contribution in [0.3, 0.4) is 0 Å². The third-order valence-corrected chi connectivity index (χ3v) is 1.97. The van der Waals surface area contributed by atoms with E-state index in [9.17, 15) is 4.79 Å². The molecular weight excluding hydrogens is 172 g/mol. The lowest BCUT2D eigenvalue weighted by Crippen LogP contribution is -2.37. The Morgan fingerprint density at radius 1 is 1.42 bits per heavy atom. The topological polar surface area (TPSA) is 41.1 Å². The van der Waals surface area contributed by atoms with Crippen molar-refractivity contribution in [1.82, 2.24) is 10.6 Å². The van der Waals surface area contributed by atoms with Gasteiger partial charge in [-0.15, -0.1) is 11.8 Å². The highest BCUT2D eigenvalue weighted by Crippen LogP contribution is 1.93. The van der Waals surface area contributed by atoms with E-state index in [4.69, 9.17) is 0 Å². The Labute approximate surface area is 78.7 Å². The second-order valence-corrected chi connectivity index (χ2v) is 4.19. The molecule has 72 valence electrons. The number of thioether (sulfide) groups is 1. The van der Waals surface area contributed by atoms with Crippen molar-refractivity contribution in [3.8, 4) is 0 Å². The minimum Gasteiger partial charge on any atom is -0.338 e. The number of hydrogen-bond donors (Lipinski definition) is 2. The highest BCUT2D eigenvalue weighted by Gasteiger charge is 1.99. The van der Waals surface area contributed by atoms with Crippen LogP contribution in [0.1, 0.15) is 20.8 Å². The molecule has 12 heavy (non-hydrogen) atoms. The molecule has 0 fully saturated rings. The van der Waals surface area contributed by atoms with Crippen LogP contribution in [0.4, 0.5) is 4.79 Å². The van der Waals surface area contributed by atoms with Crippen molar-refractivity contribution in [1.29, 1.82) is 0 Å². The van der Waals surface area contributed by atoms with Gasteiger partial charge in [0.2, 0.25) is 0 Å². The maximum absolute atomic E-state index is 11.0. The molecule has 0 aromatic rings. The van der Waals surface area contributed by atoms with Crippen LogP contribution in [0.5, 0.6) is 0 Å². The van der Waals surface area contributed by atoms with Crippen molar-refractivity contribution in [2.45, 2.75) is 20.8 Å². The summed E-state index contributed by atoms with van der Waals surface area (Å²) in [4.78, 5) is 11.0. The molecule has 4 heteroatoms. The van der Waals surface area contributed by atoms with E-state index in [0.29, 0.717) is 11.8 Å². The van der Waals surface area contributed by atoms with Gasteiger partial charge in [0.15, 0.2) is 0 Å². The van der Waals surface area contributed by atoms with E-state index < -0.39 is 0 Å². The van der Waals surface area contributed by atoms with Crippen molar-refractivity contribution in [2.24, 2.45) is 5.92 Å². The first-order valence-corrected chi connectivity index (χ1v) is 5.41. The zero-order valence-corrected chi connectivity index (χ0v) is 8.83. The summed E-state index contributed by atoms with van der Waals surface area (Å²) in [6, 6.07) is -0.0651. The molecule has 0 aromatic heterocycles. The number of nitrogens with one attached hydrogen (secondary N) is 2. The SMILES string of the molecule is CCSCNC(=O)NCC(C)C. The van der Waals surface area contributed by atoms with Crippen LogP contribution in [0, 0.1) is 5.92 Å². The van der Waals surface area contributed by atoms with E-state index in [2.05, 4.69) is 31.4 Å². The lowest BCUT2D eigenvalue weighted by molar-refractivity contribution is 0.241. The molecule has 0 aromatic carbocycles. The number of carbonyl (C=O) groups excluding carboxylic acids is 1. The molecule has 0 saturated carbocycles. The van der Waals surface area contributed by atoms with Crippen LogP contribution in [0.2, 0.25) is 0 Å². The van der Waals surface area contributed by atoms with Gasteiger partial charge in [0.1, 0.15) is 0 Å². The zero-order valence-electron chi connectivity index (χ0n) is 8.02. The smallest absolute Gasteiger partial charge is 0.315 e. The third-order valence-electron chi connectivity index (χ3n) is 1.21. The molecule has 0 spiro atoms. The molecule has 0 aliphatic heterocycles. The summed E-state index contributed by atoms with van der Waals surface area (Å²) >= 11 is 1.70. The van der Waals surface area contributed by atoms with E-state index in [1.165, 1.54) is 0 Å². The molecule has 0 bridgehead atoms. The van der Waals surface area contributed by atoms with Gasteiger partial charge in [0, 0.05) is 6.54 Å². The van der Waals surface area contributed by atoms with Crippen LogP contribution in [0.15, 0.2) is 0 Å². The summed E-state index contributed by atoms with van der Waals surface area (Å²) in [6.07, 6.45) is 0. The van der Waals surface area contributed by atoms with Crippen LogP contribution in [-0.4, -0.2) is 24.2 Å². The third kappa shape index (κ3) is 7.72. The van der Waals surface area contributed by atoms with Crippen molar-refractivity contribution >= 4 is 17.8 Å². The van der Waals surface area contributed by atoms with Crippen LogP contribution in [-0.2, 0) is 0 Å². The molecule has 3 nitrogen and oxygen atoms in total. The maximum Gasteiger partial charge on any atom is 0.315 e. The standard InChI is InChI=1S/C8H18N2OS/c1-4-12-6-10-8(11)9-5-7(2)3/h7H,4-6H2,1-3H3,(H2,9,10,11). The number of rotatable bonds is 5. The van der Waals surface area contributed by atoms with E-state index in [-0.39, 0.29) is 6.03 Å². The quantitative estimate of drug-likeness (QED) is 0.511. The fraction of sp³-hybridized carbons (Fsp3) is 0.875. The first-order valence-electron chi connectivity index (χ1n) is 4.26. The Balaban J connectivity index is 3.22. The summed E-state index contributed by atoms with van der Waals surface area (Å²) in [6.45, 7) is 6.95. The van der Waals surface area contributed by atoms with Gasteiger partial charge in [0.05, 0.1) is 5.88 Å². The summed E-state index contributed by atoms with van der Waals surface area (Å²) in [5, 5.41) is 5.53. The summed E-state index contributed by atoms with van der Waals surface area (Å²) in [5.41, 5.74) is 0. The normalized spacial score (nSPS) is 10.0. The molecule has 2 N–H and O–H groups in total. The highest BCUT2D eigenvalue weighted by atomic mass is 32.2. The summed E-state index contributed by atoms with van der Waals surface area (Å²) in [7, 11) is 0. The molecule has 0 aliphatic carbocycles. The van der Waals surface area contributed by atoms with Gasteiger partial charge in [-0.05, 0) is 11.7 Å². The fourth-order valence-corrected chi connectivity index (χ4v) is 1.02. The number of hydrogen-bond acceptors (Lipinski definition) is 2. The van der Waals surface area contributed by atoms with Crippen molar-refractivity contribution in [3.63, 3.8) is 0 Å². The van der Waals surface area contributed by atoms with E-state index in [0.717, 1.165) is 12.3 Å². The molecule has 0 unspecified atom stereocenters. The minimum absolute atomic E-state index is 0.0651. The van der Waals surface area contributed by atoms with Gasteiger partial charge in [-0.1, -0.05) is 20.8 Å². The molecule has 0 rings (SSSR count). The summed E-state index contributed by atoms with van der Waals surface area (Å²) in [5.74, 6) is 2.24. The Bertz CT molecular complexity index is 128. The predicted molar refractivity (Wildman–Crippen MR) is 54.4 cm³/mol. The first kappa shape index (κ1) is 11.6. The molecule has 0 aliphatic rings. The van der Waals surface area contributed by atoms with Gasteiger partial charge in [-0.25, -0.2) is 4.79 Å².